The van der Waals surface area contributed by atoms with Gasteiger partial charge in [-0.3, -0.25) is 9.59 Å². The maximum absolute atomic E-state index is 11.9. The third-order valence-electron chi connectivity index (χ3n) is 3.91. The second-order valence-corrected chi connectivity index (χ2v) is 5.67. The maximum Gasteiger partial charge on any atom is 0.313 e. The van der Waals surface area contributed by atoms with Crippen LogP contribution in [-0.2, 0) is 9.59 Å². The summed E-state index contributed by atoms with van der Waals surface area (Å²) in [6.45, 7) is 4.07. The number of anilines is 1. The molecule has 2 amide bonds. The number of hydrogen-bond acceptors (Lipinski definition) is 2. The van der Waals surface area contributed by atoms with Crippen molar-refractivity contribution in [3.05, 3.63) is 29.8 Å². The Bertz CT molecular complexity index is 499. The van der Waals surface area contributed by atoms with E-state index in [2.05, 4.69) is 17.6 Å². The predicted molar refractivity (Wildman–Crippen MR) is 79.4 cm³/mol. The molecule has 1 fully saturated rings. The highest BCUT2D eigenvalue weighted by atomic mass is 16.2. The van der Waals surface area contributed by atoms with Crippen molar-refractivity contribution in [2.75, 3.05) is 5.32 Å². The van der Waals surface area contributed by atoms with Crippen molar-refractivity contribution in [1.82, 2.24) is 5.32 Å². The van der Waals surface area contributed by atoms with Crippen LogP contribution in [0.2, 0.25) is 0 Å². The van der Waals surface area contributed by atoms with Crippen molar-refractivity contribution >= 4 is 17.5 Å². The van der Waals surface area contributed by atoms with E-state index in [1.54, 1.807) is 6.07 Å². The van der Waals surface area contributed by atoms with E-state index in [9.17, 15) is 9.59 Å². The van der Waals surface area contributed by atoms with Gasteiger partial charge in [-0.1, -0.05) is 31.9 Å². The lowest BCUT2D eigenvalue weighted by Gasteiger charge is -2.29. The quantitative estimate of drug-likeness (QED) is 0.814. The normalized spacial score (nSPS) is 22.1. The fraction of sp³-hybridized carbons (Fsp3) is 0.500. The molecule has 2 N–H and O–H groups in total. The lowest BCUT2D eigenvalue weighted by molar-refractivity contribution is -0.137. The van der Waals surface area contributed by atoms with Crippen molar-refractivity contribution in [3.8, 4) is 0 Å². The van der Waals surface area contributed by atoms with Crippen LogP contribution < -0.4 is 10.6 Å². The van der Waals surface area contributed by atoms with Gasteiger partial charge in [0.1, 0.15) is 0 Å². The van der Waals surface area contributed by atoms with E-state index in [1.165, 1.54) is 6.42 Å². The summed E-state index contributed by atoms with van der Waals surface area (Å²) in [6.07, 6.45) is 4.41. The molecule has 4 nitrogen and oxygen atoms in total. The van der Waals surface area contributed by atoms with E-state index in [-0.39, 0.29) is 6.04 Å². The fourth-order valence-corrected chi connectivity index (χ4v) is 2.68. The van der Waals surface area contributed by atoms with Crippen LogP contribution in [0.4, 0.5) is 5.69 Å². The van der Waals surface area contributed by atoms with E-state index >= 15 is 0 Å². The monoisotopic (exact) mass is 274 g/mol. The Kier molecular flexibility index (Phi) is 4.77. The Balaban J connectivity index is 1.90. The van der Waals surface area contributed by atoms with Crippen LogP contribution in [0.15, 0.2) is 24.3 Å². The Morgan fingerprint density at radius 3 is 2.60 bits per heavy atom. The number of carbonyl (C=O) groups is 2. The van der Waals surface area contributed by atoms with Crippen molar-refractivity contribution in [2.45, 2.75) is 45.6 Å². The van der Waals surface area contributed by atoms with Gasteiger partial charge in [0.2, 0.25) is 0 Å². The minimum Gasteiger partial charge on any atom is -0.345 e. The number of amides is 2. The first-order valence-electron chi connectivity index (χ1n) is 7.25. The zero-order valence-corrected chi connectivity index (χ0v) is 12.1. The first-order valence-corrected chi connectivity index (χ1v) is 7.25. The van der Waals surface area contributed by atoms with Crippen LogP contribution in [0.5, 0.6) is 0 Å². The van der Waals surface area contributed by atoms with E-state index in [0.29, 0.717) is 11.6 Å². The first kappa shape index (κ1) is 14.6. The summed E-state index contributed by atoms with van der Waals surface area (Å²) in [5, 5.41) is 5.49. The molecule has 1 aromatic rings. The van der Waals surface area contributed by atoms with E-state index in [4.69, 9.17) is 0 Å². The summed E-state index contributed by atoms with van der Waals surface area (Å²) in [6, 6.07) is 7.54. The molecule has 0 heterocycles. The van der Waals surface area contributed by atoms with Crippen molar-refractivity contribution in [2.24, 2.45) is 5.92 Å². The number of rotatable bonds is 2. The van der Waals surface area contributed by atoms with Gasteiger partial charge in [0.05, 0.1) is 0 Å². The van der Waals surface area contributed by atoms with Crippen LogP contribution in [-0.4, -0.2) is 17.9 Å². The first-order chi connectivity index (χ1) is 9.56. The van der Waals surface area contributed by atoms with Crippen LogP contribution in [0.3, 0.4) is 0 Å². The van der Waals surface area contributed by atoms with Crippen molar-refractivity contribution < 1.29 is 9.59 Å². The van der Waals surface area contributed by atoms with Crippen LogP contribution >= 0.6 is 0 Å². The largest absolute Gasteiger partial charge is 0.345 e. The van der Waals surface area contributed by atoms with E-state index in [1.807, 2.05) is 25.1 Å². The second kappa shape index (κ2) is 6.55. The summed E-state index contributed by atoms with van der Waals surface area (Å²) >= 11 is 0. The van der Waals surface area contributed by atoms with Crippen LogP contribution in [0.1, 0.15) is 38.2 Å². The molecular formula is C16H22N2O2. The van der Waals surface area contributed by atoms with Crippen molar-refractivity contribution in [1.29, 1.82) is 0 Å². The Hall–Kier alpha value is -1.84. The number of hydrogen-bond donors (Lipinski definition) is 2. The minimum absolute atomic E-state index is 0.125. The third kappa shape index (κ3) is 3.83. The molecule has 0 unspecified atom stereocenters. The van der Waals surface area contributed by atoms with Gasteiger partial charge >= 0.3 is 11.8 Å². The summed E-state index contributed by atoms with van der Waals surface area (Å²) in [7, 11) is 0. The van der Waals surface area contributed by atoms with E-state index < -0.39 is 11.8 Å². The van der Waals surface area contributed by atoms with Crippen LogP contribution in [0.25, 0.3) is 0 Å². The topological polar surface area (TPSA) is 58.2 Å². The average Bonchev–Trinajstić information content (AvgIpc) is 2.41. The number of benzene rings is 1. The lowest BCUT2D eigenvalue weighted by Crippen LogP contribution is -2.45. The van der Waals surface area contributed by atoms with Gasteiger partial charge in [0.25, 0.3) is 0 Å². The van der Waals surface area contributed by atoms with Crippen LogP contribution in [0, 0.1) is 12.8 Å². The molecule has 0 aromatic heterocycles. The number of nitrogens with one attached hydrogen (secondary N) is 2. The van der Waals surface area contributed by atoms with Gasteiger partial charge in [-0.2, -0.15) is 0 Å². The van der Waals surface area contributed by atoms with Crippen molar-refractivity contribution in [3.63, 3.8) is 0 Å². The third-order valence-corrected chi connectivity index (χ3v) is 3.91. The van der Waals surface area contributed by atoms with Gasteiger partial charge in [0.15, 0.2) is 0 Å². The number of carbonyl (C=O) groups excluding carboxylic acids is 2. The molecule has 1 aliphatic carbocycles. The Morgan fingerprint density at radius 2 is 1.90 bits per heavy atom. The minimum atomic E-state index is -0.589. The molecule has 1 aliphatic rings. The summed E-state index contributed by atoms with van der Waals surface area (Å²) in [5.74, 6) is -0.682. The van der Waals surface area contributed by atoms with Gasteiger partial charge in [-0.15, -0.1) is 0 Å². The standard InChI is InChI=1S/C16H22N2O2/c1-11-6-5-8-13(10-11)17-15(19)16(20)18-14-9-4-3-7-12(14)2/h5-6,8,10,12,14H,3-4,7,9H2,1-2H3,(H,17,19)(H,18,20)/t12-,14+/m1/s1. The second-order valence-electron chi connectivity index (χ2n) is 5.67. The molecule has 0 bridgehead atoms. The molecule has 20 heavy (non-hydrogen) atoms. The molecule has 0 spiro atoms. The maximum atomic E-state index is 11.9. The van der Waals surface area contributed by atoms with Gasteiger partial charge < -0.3 is 10.6 Å². The Labute approximate surface area is 119 Å². The Morgan fingerprint density at radius 1 is 1.15 bits per heavy atom. The molecule has 1 aromatic carbocycles. The van der Waals surface area contributed by atoms with Gasteiger partial charge in [0, 0.05) is 11.7 Å². The molecular weight excluding hydrogens is 252 g/mol. The summed E-state index contributed by atoms with van der Waals surface area (Å²) < 4.78 is 0. The fourth-order valence-electron chi connectivity index (χ4n) is 2.68. The molecule has 0 aliphatic heterocycles. The van der Waals surface area contributed by atoms with Gasteiger partial charge in [-0.25, -0.2) is 0 Å². The zero-order chi connectivity index (χ0) is 14.5. The lowest BCUT2D eigenvalue weighted by atomic mass is 9.86. The predicted octanol–water partition coefficient (Wildman–Crippen LogP) is 2.63. The highest BCUT2D eigenvalue weighted by Gasteiger charge is 2.25. The SMILES string of the molecule is Cc1cccc(NC(=O)C(=O)N[C@H]2CCCC[C@H]2C)c1. The molecule has 108 valence electrons. The summed E-state index contributed by atoms with van der Waals surface area (Å²) in [4.78, 5) is 23.8. The zero-order valence-electron chi connectivity index (χ0n) is 12.1. The molecule has 2 rings (SSSR count). The smallest absolute Gasteiger partial charge is 0.313 e. The molecule has 4 heteroatoms. The highest BCUT2D eigenvalue weighted by Crippen LogP contribution is 2.23. The van der Waals surface area contributed by atoms with Gasteiger partial charge in [-0.05, 0) is 43.4 Å². The number of aryl methyl sites for hydroxylation is 1. The van der Waals surface area contributed by atoms with E-state index in [0.717, 1.165) is 24.8 Å². The average molecular weight is 274 g/mol. The molecule has 1 saturated carbocycles. The molecule has 0 radical (unpaired) electrons. The highest BCUT2D eigenvalue weighted by molar-refractivity contribution is 6.39. The summed E-state index contributed by atoms with van der Waals surface area (Å²) in [5.41, 5.74) is 1.70. The molecule has 0 saturated heterocycles. The molecule has 2 atom stereocenters.